The molecule has 29 heavy (non-hydrogen) atoms. The van der Waals surface area contributed by atoms with Gasteiger partial charge in [0.2, 0.25) is 0 Å². The lowest BCUT2D eigenvalue weighted by atomic mass is 9.85. The van der Waals surface area contributed by atoms with Gasteiger partial charge >= 0.3 is 6.18 Å². The summed E-state index contributed by atoms with van der Waals surface area (Å²) in [5, 5.41) is 6.26. The maximum absolute atomic E-state index is 14.3. The third-order valence-electron chi connectivity index (χ3n) is 5.56. The second kappa shape index (κ2) is 8.69. The fourth-order valence-corrected chi connectivity index (χ4v) is 3.55. The molecule has 1 aromatic heterocycles. The first-order valence-corrected chi connectivity index (χ1v) is 10.0. The SMILES string of the molecule is CC(C)c1cc(Nc2cccc(C(F)(F)F)c2F)ncc1C(C)NCC1CCC1. The Morgan fingerprint density at radius 2 is 1.86 bits per heavy atom. The number of pyridine rings is 1. The predicted molar refractivity (Wildman–Crippen MR) is 107 cm³/mol. The van der Waals surface area contributed by atoms with Crippen molar-refractivity contribution in [2.45, 2.75) is 58.2 Å². The molecule has 0 aliphatic heterocycles. The molecule has 0 bridgehead atoms. The molecule has 1 aliphatic carbocycles. The van der Waals surface area contributed by atoms with Crippen LogP contribution in [0.3, 0.4) is 0 Å². The Morgan fingerprint density at radius 3 is 2.45 bits per heavy atom. The minimum atomic E-state index is -4.75. The van der Waals surface area contributed by atoms with Crippen molar-refractivity contribution in [3.63, 3.8) is 0 Å². The van der Waals surface area contributed by atoms with E-state index in [0.717, 1.165) is 29.7 Å². The Morgan fingerprint density at radius 1 is 1.14 bits per heavy atom. The van der Waals surface area contributed by atoms with Gasteiger partial charge in [-0.05, 0) is 67.5 Å². The van der Waals surface area contributed by atoms with Gasteiger partial charge in [-0.3, -0.25) is 0 Å². The average molecular weight is 409 g/mol. The van der Waals surface area contributed by atoms with Crippen molar-refractivity contribution < 1.29 is 17.6 Å². The lowest BCUT2D eigenvalue weighted by molar-refractivity contribution is -0.139. The lowest BCUT2D eigenvalue weighted by Crippen LogP contribution is -2.30. The Bertz CT molecular complexity index is 844. The van der Waals surface area contributed by atoms with Crippen molar-refractivity contribution in [2.24, 2.45) is 5.92 Å². The predicted octanol–water partition coefficient (Wildman–Crippen LogP) is 6.56. The third kappa shape index (κ3) is 5.07. The molecular weight excluding hydrogens is 382 g/mol. The van der Waals surface area contributed by atoms with Crippen molar-refractivity contribution in [1.29, 1.82) is 0 Å². The van der Waals surface area contributed by atoms with Crippen LogP contribution in [0.1, 0.15) is 68.7 Å². The smallest absolute Gasteiger partial charge is 0.338 e. The number of aromatic nitrogens is 1. The van der Waals surface area contributed by atoms with E-state index in [1.54, 1.807) is 12.3 Å². The fraction of sp³-hybridized carbons (Fsp3) is 0.500. The molecule has 3 rings (SSSR count). The molecule has 1 aliphatic rings. The number of hydrogen-bond acceptors (Lipinski definition) is 3. The number of hydrogen-bond donors (Lipinski definition) is 2. The molecule has 158 valence electrons. The summed E-state index contributed by atoms with van der Waals surface area (Å²) in [6, 6.07) is 5.09. The first-order valence-electron chi connectivity index (χ1n) is 10.0. The van der Waals surface area contributed by atoms with Gasteiger partial charge in [-0.25, -0.2) is 9.37 Å². The molecule has 0 saturated heterocycles. The molecular formula is C22H27F4N3. The van der Waals surface area contributed by atoms with Crippen LogP contribution in [0.2, 0.25) is 0 Å². The van der Waals surface area contributed by atoms with E-state index in [-0.39, 0.29) is 17.6 Å². The number of nitrogens with zero attached hydrogens (tertiary/aromatic N) is 1. The summed E-state index contributed by atoms with van der Waals surface area (Å²) >= 11 is 0. The van der Waals surface area contributed by atoms with Gasteiger partial charge in [0.05, 0.1) is 11.3 Å². The molecule has 0 radical (unpaired) electrons. The van der Waals surface area contributed by atoms with Crippen LogP contribution >= 0.6 is 0 Å². The molecule has 1 heterocycles. The third-order valence-corrected chi connectivity index (χ3v) is 5.56. The molecule has 1 saturated carbocycles. The van der Waals surface area contributed by atoms with Gasteiger partial charge < -0.3 is 10.6 Å². The first-order chi connectivity index (χ1) is 13.7. The van der Waals surface area contributed by atoms with Gasteiger partial charge in [0.15, 0.2) is 5.82 Å². The van der Waals surface area contributed by atoms with E-state index in [1.807, 2.05) is 13.8 Å². The maximum atomic E-state index is 14.3. The summed E-state index contributed by atoms with van der Waals surface area (Å²) in [6.07, 6.45) is 0.804. The van der Waals surface area contributed by atoms with E-state index in [4.69, 9.17) is 0 Å². The quantitative estimate of drug-likeness (QED) is 0.509. The van der Waals surface area contributed by atoms with E-state index in [1.165, 1.54) is 31.4 Å². The molecule has 1 aromatic carbocycles. The molecule has 2 N–H and O–H groups in total. The van der Waals surface area contributed by atoms with Crippen LogP contribution in [-0.4, -0.2) is 11.5 Å². The second-order valence-corrected chi connectivity index (χ2v) is 8.07. The highest BCUT2D eigenvalue weighted by atomic mass is 19.4. The van der Waals surface area contributed by atoms with Crippen LogP contribution < -0.4 is 10.6 Å². The van der Waals surface area contributed by atoms with Crippen molar-refractivity contribution in [3.05, 3.63) is 53.0 Å². The lowest BCUT2D eigenvalue weighted by Gasteiger charge is -2.28. The van der Waals surface area contributed by atoms with Crippen molar-refractivity contribution in [1.82, 2.24) is 10.3 Å². The molecule has 3 nitrogen and oxygen atoms in total. The summed E-state index contributed by atoms with van der Waals surface area (Å²) in [5.41, 5.74) is 0.542. The number of nitrogens with one attached hydrogen (secondary N) is 2. The fourth-order valence-electron chi connectivity index (χ4n) is 3.55. The van der Waals surface area contributed by atoms with Crippen molar-refractivity contribution in [2.75, 3.05) is 11.9 Å². The molecule has 1 unspecified atom stereocenters. The van der Waals surface area contributed by atoms with Crippen molar-refractivity contribution in [3.8, 4) is 0 Å². The van der Waals surface area contributed by atoms with Crippen LogP contribution in [0.5, 0.6) is 0 Å². The van der Waals surface area contributed by atoms with E-state index < -0.39 is 17.6 Å². The summed E-state index contributed by atoms with van der Waals surface area (Å²) < 4.78 is 53.2. The summed E-state index contributed by atoms with van der Waals surface area (Å²) in [6.45, 7) is 7.15. The van der Waals surface area contributed by atoms with Gasteiger partial charge in [-0.15, -0.1) is 0 Å². The van der Waals surface area contributed by atoms with E-state index in [9.17, 15) is 17.6 Å². The van der Waals surface area contributed by atoms with Crippen LogP contribution in [-0.2, 0) is 6.18 Å². The van der Waals surface area contributed by atoms with E-state index in [0.29, 0.717) is 5.82 Å². The highest BCUT2D eigenvalue weighted by Crippen LogP contribution is 2.35. The van der Waals surface area contributed by atoms with Gasteiger partial charge in [0.1, 0.15) is 5.82 Å². The van der Waals surface area contributed by atoms with Gasteiger partial charge in [-0.1, -0.05) is 26.3 Å². The Labute approximate surface area is 168 Å². The van der Waals surface area contributed by atoms with Gasteiger partial charge in [-0.2, -0.15) is 13.2 Å². The van der Waals surface area contributed by atoms with Crippen LogP contribution in [0.25, 0.3) is 0 Å². The zero-order valence-corrected chi connectivity index (χ0v) is 16.9. The summed E-state index contributed by atoms with van der Waals surface area (Å²) in [7, 11) is 0. The van der Waals surface area contributed by atoms with E-state index in [2.05, 4.69) is 22.5 Å². The Balaban J connectivity index is 1.81. The number of alkyl halides is 3. The highest BCUT2D eigenvalue weighted by molar-refractivity contribution is 5.59. The van der Waals surface area contributed by atoms with Crippen LogP contribution in [0, 0.1) is 11.7 Å². The molecule has 2 aromatic rings. The summed E-state index contributed by atoms with van der Waals surface area (Å²) in [5.74, 6) is -0.0834. The topological polar surface area (TPSA) is 37.0 Å². The summed E-state index contributed by atoms with van der Waals surface area (Å²) in [4.78, 5) is 4.33. The van der Waals surface area contributed by atoms with Gasteiger partial charge in [0.25, 0.3) is 0 Å². The molecule has 1 atom stereocenters. The van der Waals surface area contributed by atoms with Gasteiger partial charge in [0, 0.05) is 12.2 Å². The minimum absolute atomic E-state index is 0.111. The van der Waals surface area contributed by atoms with Crippen LogP contribution in [0.15, 0.2) is 30.5 Å². The Kier molecular flexibility index (Phi) is 6.46. The standard InChI is InChI=1S/C22H27F4N3/c1-13(2)16-10-20(28-12-17(16)14(3)27-11-15-6-4-7-15)29-19-9-5-8-18(21(19)23)22(24,25)26/h5,8-10,12-15,27H,4,6-7,11H2,1-3H3,(H,28,29). The number of anilines is 2. The number of benzene rings is 1. The zero-order chi connectivity index (χ0) is 21.2. The Hall–Kier alpha value is -2.15. The number of halogens is 4. The largest absolute Gasteiger partial charge is 0.419 e. The van der Waals surface area contributed by atoms with Crippen molar-refractivity contribution >= 4 is 11.5 Å². The average Bonchev–Trinajstić information content (AvgIpc) is 2.61. The van der Waals surface area contributed by atoms with Crippen LogP contribution in [0.4, 0.5) is 29.1 Å². The normalized spacial score (nSPS) is 16.0. The van der Waals surface area contributed by atoms with E-state index >= 15 is 0 Å². The molecule has 0 amide bonds. The maximum Gasteiger partial charge on any atom is 0.419 e. The zero-order valence-electron chi connectivity index (χ0n) is 16.9. The second-order valence-electron chi connectivity index (χ2n) is 8.07. The monoisotopic (exact) mass is 409 g/mol. The first kappa shape index (κ1) is 21.6. The molecule has 1 fully saturated rings. The highest BCUT2D eigenvalue weighted by Gasteiger charge is 2.35. The number of rotatable bonds is 7. The molecule has 0 spiro atoms. The minimum Gasteiger partial charge on any atom is -0.338 e. The molecule has 7 heteroatoms.